The van der Waals surface area contributed by atoms with Gasteiger partial charge < -0.3 is 9.80 Å². The summed E-state index contributed by atoms with van der Waals surface area (Å²) in [5.74, 6) is -0.404. The third-order valence-corrected chi connectivity index (χ3v) is 7.69. The molecule has 9 heteroatoms. The van der Waals surface area contributed by atoms with Crippen molar-refractivity contribution in [3.8, 4) is 0 Å². The van der Waals surface area contributed by atoms with Crippen LogP contribution in [0.1, 0.15) is 40.1 Å². The maximum Gasteiger partial charge on any atom is 0.257 e. The van der Waals surface area contributed by atoms with Crippen LogP contribution in [0.15, 0.2) is 66.0 Å². The van der Waals surface area contributed by atoms with Crippen LogP contribution in [0.3, 0.4) is 0 Å². The van der Waals surface area contributed by atoms with Gasteiger partial charge >= 0.3 is 0 Å². The summed E-state index contributed by atoms with van der Waals surface area (Å²) in [6.07, 6.45) is 4.04. The van der Waals surface area contributed by atoms with Gasteiger partial charge in [0.1, 0.15) is 11.9 Å². The number of likely N-dealkylation sites (N-methyl/N-ethyl adjacent to an activating group) is 1. The third kappa shape index (κ3) is 4.32. The molecule has 1 fully saturated rings. The number of rotatable bonds is 5. The molecule has 6 rings (SSSR count). The number of amides is 1. The highest BCUT2D eigenvalue weighted by molar-refractivity contribution is 6.00. The summed E-state index contributed by atoms with van der Waals surface area (Å²) < 4.78 is 15.6. The number of carbonyl (C=O) groups is 2. The van der Waals surface area contributed by atoms with Crippen LogP contribution in [0.25, 0.3) is 10.9 Å². The molecule has 2 aliphatic heterocycles. The molecule has 4 heterocycles. The quantitative estimate of drug-likeness (QED) is 0.442. The zero-order chi connectivity index (χ0) is 26.4. The fraction of sp³-hybridized carbons (Fsp3) is 0.310. The lowest BCUT2D eigenvalue weighted by atomic mass is 9.84. The molecule has 38 heavy (non-hydrogen) atoms. The zero-order valence-corrected chi connectivity index (χ0v) is 21.4. The molecule has 4 aromatic rings. The Balaban J connectivity index is 1.37. The molecule has 1 amide bonds. The lowest BCUT2D eigenvalue weighted by Crippen LogP contribution is -2.47. The number of aromatic amines is 1. The molecule has 2 aromatic carbocycles. The number of benzene rings is 2. The van der Waals surface area contributed by atoms with Crippen LogP contribution in [-0.4, -0.2) is 74.7 Å². The average Bonchev–Trinajstić information content (AvgIpc) is 3.55. The molecule has 2 aliphatic rings. The fourth-order valence-corrected chi connectivity index (χ4v) is 5.57. The zero-order valence-electron chi connectivity index (χ0n) is 21.4. The number of nitrogens with zero attached hydrogens (tertiary/aromatic N) is 5. The summed E-state index contributed by atoms with van der Waals surface area (Å²) in [6, 6.07) is 11.4. The summed E-state index contributed by atoms with van der Waals surface area (Å²) >= 11 is 0. The maximum atomic E-state index is 13.9. The lowest BCUT2D eigenvalue weighted by molar-refractivity contribution is -0.115. The van der Waals surface area contributed by atoms with Crippen molar-refractivity contribution < 1.29 is 14.0 Å². The number of ketones is 1. The van der Waals surface area contributed by atoms with Gasteiger partial charge in [-0.05, 0) is 49.4 Å². The minimum Gasteiger partial charge on any atom is -0.336 e. The van der Waals surface area contributed by atoms with Crippen molar-refractivity contribution in [2.24, 2.45) is 0 Å². The molecule has 0 saturated carbocycles. The molecule has 0 bridgehead atoms. The second kappa shape index (κ2) is 9.64. The predicted molar refractivity (Wildman–Crippen MR) is 141 cm³/mol. The Morgan fingerprint density at radius 3 is 2.58 bits per heavy atom. The number of hydrogen-bond donors (Lipinski definition) is 1. The van der Waals surface area contributed by atoms with Crippen LogP contribution in [-0.2, 0) is 17.6 Å². The average molecular weight is 513 g/mol. The first kappa shape index (κ1) is 24.2. The molecule has 2 aromatic heterocycles. The van der Waals surface area contributed by atoms with Gasteiger partial charge in [-0.15, -0.1) is 0 Å². The summed E-state index contributed by atoms with van der Waals surface area (Å²) in [5, 5.41) is 12.6. The second-order valence-corrected chi connectivity index (χ2v) is 10.3. The van der Waals surface area contributed by atoms with Gasteiger partial charge in [0.2, 0.25) is 0 Å². The number of halogens is 1. The Labute approximate surface area is 219 Å². The van der Waals surface area contributed by atoms with Crippen molar-refractivity contribution in [3.05, 3.63) is 94.2 Å². The van der Waals surface area contributed by atoms with Crippen LogP contribution in [0, 0.1) is 5.82 Å². The number of aromatic nitrogens is 4. The smallest absolute Gasteiger partial charge is 0.257 e. The van der Waals surface area contributed by atoms with Crippen LogP contribution < -0.4 is 0 Å². The van der Waals surface area contributed by atoms with Gasteiger partial charge in [0, 0.05) is 50.0 Å². The number of H-pyrrole nitrogens is 1. The highest BCUT2D eigenvalue weighted by Crippen LogP contribution is 2.37. The highest BCUT2D eigenvalue weighted by Gasteiger charge is 2.36. The molecule has 8 nitrogen and oxygen atoms in total. The normalized spacial score (nSPS) is 18.2. The Morgan fingerprint density at radius 2 is 1.82 bits per heavy atom. The number of Topliss-reactive ketones (excluding diaryl/α,β-unsaturated/α-hetero) is 1. The van der Waals surface area contributed by atoms with Crippen LogP contribution >= 0.6 is 0 Å². The van der Waals surface area contributed by atoms with Crippen molar-refractivity contribution in [3.63, 3.8) is 0 Å². The predicted octanol–water partition coefficient (Wildman–Crippen LogP) is 3.56. The van der Waals surface area contributed by atoms with E-state index in [9.17, 15) is 14.0 Å². The Hall–Kier alpha value is -4.11. The summed E-state index contributed by atoms with van der Waals surface area (Å²) in [7, 11) is 2.05. The van der Waals surface area contributed by atoms with E-state index in [0.29, 0.717) is 30.6 Å². The van der Waals surface area contributed by atoms with Crippen molar-refractivity contribution in [2.45, 2.75) is 25.8 Å². The molecule has 0 aliphatic carbocycles. The molecule has 0 spiro atoms. The topological polar surface area (TPSA) is 87.1 Å². The van der Waals surface area contributed by atoms with Gasteiger partial charge in [-0.1, -0.05) is 23.8 Å². The molecule has 194 valence electrons. The molecule has 1 N–H and O–H groups in total. The van der Waals surface area contributed by atoms with Crippen LogP contribution in [0.5, 0.6) is 0 Å². The largest absolute Gasteiger partial charge is 0.336 e. The molecule has 0 radical (unpaired) electrons. The van der Waals surface area contributed by atoms with Gasteiger partial charge in [0.25, 0.3) is 5.91 Å². The van der Waals surface area contributed by atoms with E-state index in [1.165, 1.54) is 12.1 Å². The summed E-state index contributed by atoms with van der Waals surface area (Å²) in [6.45, 7) is 4.94. The Morgan fingerprint density at radius 1 is 1.05 bits per heavy atom. The van der Waals surface area contributed by atoms with Gasteiger partial charge in [-0.25, -0.2) is 4.39 Å². The van der Waals surface area contributed by atoms with Crippen molar-refractivity contribution in [1.29, 1.82) is 0 Å². The first-order valence-electron chi connectivity index (χ1n) is 12.8. The van der Waals surface area contributed by atoms with Gasteiger partial charge in [0.15, 0.2) is 5.78 Å². The number of fused-ring (bicyclic) bond motifs is 2. The maximum absolute atomic E-state index is 13.9. The van der Waals surface area contributed by atoms with Gasteiger partial charge in [-0.3, -0.25) is 19.4 Å². The number of piperazine rings is 1. The van der Waals surface area contributed by atoms with E-state index < -0.39 is 6.04 Å². The monoisotopic (exact) mass is 512 g/mol. The van der Waals surface area contributed by atoms with E-state index in [4.69, 9.17) is 0 Å². The van der Waals surface area contributed by atoms with E-state index in [1.807, 2.05) is 30.0 Å². The lowest BCUT2D eigenvalue weighted by Gasteiger charge is -2.33. The minimum atomic E-state index is -0.543. The van der Waals surface area contributed by atoms with Crippen molar-refractivity contribution in [2.75, 3.05) is 33.2 Å². The number of nitrogens with one attached hydrogen (secondary N) is 1. The molecular formula is C29H29FN6O2. The first-order chi connectivity index (χ1) is 18.4. The standard InChI is InChI=1S/C29H29FN6O2/c1-18-13-25-23(29(38)35-11-9-34(2)10-12-35)17-32-36(25)28(20-4-6-22(30)7-5-20)27(18)26(37)15-19-3-8-24-21(14-19)16-31-33-24/h3-8,14,16-17,28H,9-13,15H2,1-2H3,(H,31,33). The van der Waals surface area contributed by atoms with Gasteiger partial charge in [-0.2, -0.15) is 10.2 Å². The number of carbonyl (C=O) groups excluding carboxylic acids is 2. The molecular weight excluding hydrogens is 483 g/mol. The minimum absolute atomic E-state index is 0.0206. The highest BCUT2D eigenvalue weighted by atomic mass is 19.1. The van der Waals surface area contributed by atoms with E-state index in [-0.39, 0.29) is 23.9 Å². The van der Waals surface area contributed by atoms with Gasteiger partial charge in [0.05, 0.1) is 29.2 Å². The van der Waals surface area contributed by atoms with E-state index in [0.717, 1.165) is 46.4 Å². The third-order valence-electron chi connectivity index (χ3n) is 7.69. The molecule has 1 saturated heterocycles. The second-order valence-electron chi connectivity index (χ2n) is 10.3. The molecule has 1 atom stereocenters. The Kier molecular flexibility index (Phi) is 6.15. The number of hydrogen-bond acceptors (Lipinski definition) is 5. The Bertz CT molecular complexity index is 1560. The van der Waals surface area contributed by atoms with E-state index >= 15 is 0 Å². The first-order valence-corrected chi connectivity index (χ1v) is 12.8. The van der Waals surface area contributed by atoms with Crippen molar-refractivity contribution in [1.82, 2.24) is 29.8 Å². The van der Waals surface area contributed by atoms with Crippen molar-refractivity contribution >= 4 is 22.6 Å². The van der Waals surface area contributed by atoms with Crippen LogP contribution in [0.4, 0.5) is 4.39 Å². The molecule has 1 unspecified atom stereocenters. The fourth-order valence-electron chi connectivity index (χ4n) is 5.57. The van der Waals surface area contributed by atoms with E-state index in [2.05, 4.69) is 27.2 Å². The summed E-state index contributed by atoms with van der Waals surface area (Å²) in [5.41, 5.74) is 5.45. The van der Waals surface area contributed by atoms with Crippen LogP contribution in [0.2, 0.25) is 0 Å². The number of allylic oxidation sites excluding steroid dienone is 2. The SMILES string of the molecule is CC1=C(C(=O)Cc2ccc3[nH]ncc3c2)C(c2ccc(F)cc2)n2ncc(C(=O)N3CCN(C)CC3)c2C1. The van der Waals surface area contributed by atoms with E-state index in [1.54, 1.807) is 29.2 Å². The summed E-state index contributed by atoms with van der Waals surface area (Å²) in [4.78, 5) is 31.4.